The number of rotatable bonds is 5. The van der Waals surface area contributed by atoms with Gasteiger partial charge in [-0.3, -0.25) is 14.9 Å². The number of thiocarbonyl (C=S) groups is 1. The van der Waals surface area contributed by atoms with Crippen molar-refractivity contribution in [3.63, 3.8) is 0 Å². The lowest BCUT2D eigenvalue weighted by Crippen LogP contribution is -2.49. The minimum atomic E-state index is -0.263. The van der Waals surface area contributed by atoms with Crippen molar-refractivity contribution < 1.29 is 9.59 Å². The molecule has 0 atom stereocenters. The highest BCUT2D eigenvalue weighted by molar-refractivity contribution is 7.80. The molecule has 1 saturated heterocycles. The van der Waals surface area contributed by atoms with Gasteiger partial charge >= 0.3 is 0 Å². The molecule has 6 nitrogen and oxygen atoms in total. The van der Waals surface area contributed by atoms with Gasteiger partial charge in [-0.2, -0.15) is 0 Å². The van der Waals surface area contributed by atoms with Gasteiger partial charge in [-0.15, -0.1) is 0 Å². The number of hydrogen-bond donors (Lipinski definition) is 2. The van der Waals surface area contributed by atoms with Crippen LogP contribution in [0.25, 0.3) is 0 Å². The Kier molecular flexibility index (Phi) is 8.10. The van der Waals surface area contributed by atoms with E-state index in [1.807, 2.05) is 56.0 Å². The number of piperazine rings is 1. The summed E-state index contributed by atoms with van der Waals surface area (Å²) in [5.74, 6) is -0.0576. The first-order valence-electron chi connectivity index (χ1n) is 10.8. The number of aryl methyl sites for hydroxylation is 2. The van der Waals surface area contributed by atoms with Gasteiger partial charge in [0.05, 0.1) is 11.4 Å². The molecule has 0 spiro atoms. The van der Waals surface area contributed by atoms with Crippen LogP contribution in [0.5, 0.6) is 0 Å². The molecule has 2 N–H and O–H groups in total. The Bertz CT molecular complexity index is 999. The minimum Gasteiger partial charge on any atom is -0.366 e. The van der Waals surface area contributed by atoms with E-state index in [9.17, 15) is 9.59 Å². The average molecular weight is 473 g/mol. The Hall–Kier alpha value is -2.64. The lowest BCUT2D eigenvalue weighted by molar-refractivity contribution is -0.131. The lowest BCUT2D eigenvalue weighted by atomic mass is 10.1. The third kappa shape index (κ3) is 6.20. The zero-order valence-electron chi connectivity index (χ0n) is 18.7. The lowest BCUT2D eigenvalue weighted by Gasteiger charge is -2.37. The summed E-state index contributed by atoms with van der Waals surface area (Å²) in [6.07, 6.45) is 1.44. The van der Waals surface area contributed by atoms with E-state index in [4.69, 9.17) is 23.8 Å². The van der Waals surface area contributed by atoms with E-state index >= 15 is 0 Å². The van der Waals surface area contributed by atoms with Crippen LogP contribution in [0.2, 0.25) is 5.02 Å². The fraction of sp³-hybridized carbons (Fsp3) is 0.375. The monoisotopic (exact) mass is 472 g/mol. The first-order chi connectivity index (χ1) is 15.3. The van der Waals surface area contributed by atoms with Crippen molar-refractivity contribution in [2.75, 3.05) is 36.4 Å². The summed E-state index contributed by atoms with van der Waals surface area (Å²) in [6.45, 7) is 8.70. The van der Waals surface area contributed by atoms with Gasteiger partial charge in [0.2, 0.25) is 5.91 Å². The quantitative estimate of drug-likeness (QED) is 0.626. The van der Waals surface area contributed by atoms with Gasteiger partial charge < -0.3 is 15.1 Å². The molecule has 2 aromatic rings. The van der Waals surface area contributed by atoms with E-state index in [1.165, 1.54) is 0 Å². The summed E-state index contributed by atoms with van der Waals surface area (Å²) in [5, 5.41) is 6.65. The molecule has 1 aliphatic rings. The predicted molar refractivity (Wildman–Crippen MR) is 135 cm³/mol. The predicted octanol–water partition coefficient (Wildman–Crippen LogP) is 4.53. The van der Waals surface area contributed by atoms with Gasteiger partial charge in [0, 0.05) is 43.2 Å². The van der Waals surface area contributed by atoms with Crippen LogP contribution >= 0.6 is 23.8 Å². The van der Waals surface area contributed by atoms with E-state index in [2.05, 4.69) is 15.5 Å². The minimum absolute atomic E-state index is 0.203. The maximum Gasteiger partial charge on any atom is 0.257 e. The van der Waals surface area contributed by atoms with Crippen LogP contribution in [0, 0.1) is 13.8 Å². The van der Waals surface area contributed by atoms with Crippen LogP contribution < -0.4 is 15.5 Å². The molecule has 1 fully saturated rings. The molecule has 1 heterocycles. The van der Waals surface area contributed by atoms with Crippen LogP contribution in [-0.2, 0) is 4.79 Å². The topological polar surface area (TPSA) is 64.7 Å². The Labute approximate surface area is 199 Å². The van der Waals surface area contributed by atoms with E-state index < -0.39 is 0 Å². The number of hydrogen-bond acceptors (Lipinski definition) is 4. The average Bonchev–Trinajstić information content (AvgIpc) is 2.73. The zero-order valence-corrected chi connectivity index (χ0v) is 20.3. The normalized spacial score (nSPS) is 13.6. The van der Waals surface area contributed by atoms with Crippen molar-refractivity contribution in [3.8, 4) is 0 Å². The second-order valence-corrected chi connectivity index (χ2v) is 8.91. The van der Waals surface area contributed by atoms with Gasteiger partial charge in [-0.05, 0) is 62.8 Å². The highest BCUT2D eigenvalue weighted by atomic mass is 35.5. The van der Waals surface area contributed by atoms with Gasteiger partial charge in [0.1, 0.15) is 0 Å². The highest BCUT2D eigenvalue weighted by Crippen LogP contribution is 2.30. The molecule has 3 rings (SSSR count). The van der Waals surface area contributed by atoms with E-state index in [1.54, 1.807) is 6.07 Å². The molecular formula is C24H29ClN4O2S. The number of halogens is 1. The smallest absolute Gasteiger partial charge is 0.257 e. The molecule has 2 amide bonds. The summed E-state index contributed by atoms with van der Waals surface area (Å²) in [6, 6.07) is 11.2. The van der Waals surface area contributed by atoms with E-state index in [0.29, 0.717) is 43.2 Å². The second kappa shape index (κ2) is 10.8. The van der Waals surface area contributed by atoms with Crippen LogP contribution in [0.3, 0.4) is 0 Å². The fourth-order valence-electron chi connectivity index (χ4n) is 3.89. The molecule has 0 aromatic heterocycles. The summed E-state index contributed by atoms with van der Waals surface area (Å²) in [5.41, 5.74) is 4.24. The molecule has 0 aliphatic carbocycles. The zero-order chi connectivity index (χ0) is 23.3. The molecule has 0 radical (unpaired) electrons. The van der Waals surface area contributed by atoms with Gasteiger partial charge in [0.15, 0.2) is 5.11 Å². The number of benzene rings is 2. The summed E-state index contributed by atoms with van der Waals surface area (Å²) < 4.78 is 0. The first kappa shape index (κ1) is 24.0. The van der Waals surface area contributed by atoms with Crippen molar-refractivity contribution in [2.24, 2.45) is 0 Å². The van der Waals surface area contributed by atoms with Gasteiger partial charge in [-0.1, -0.05) is 35.7 Å². The molecule has 0 bridgehead atoms. The Morgan fingerprint density at radius 2 is 1.69 bits per heavy atom. The Morgan fingerprint density at radius 3 is 2.31 bits per heavy atom. The van der Waals surface area contributed by atoms with Crippen LogP contribution in [-0.4, -0.2) is 48.0 Å². The summed E-state index contributed by atoms with van der Waals surface area (Å²) in [4.78, 5) is 28.9. The summed E-state index contributed by atoms with van der Waals surface area (Å²) in [7, 11) is 0. The van der Waals surface area contributed by atoms with Crippen LogP contribution in [0.1, 0.15) is 41.3 Å². The van der Waals surface area contributed by atoms with E-state index in [0.717, 1.165) is 28.9 Å². The standard InChI is InChI=1S/C24H29ClN4O2S/c1-4-5-22(30)29-10-8-28(9-11-29)21-7-6-19(25)15-20(21)26-24(32)27-23(31)18-13-16(2)12-17(3)14-18/h6-7,12-15H,4-5,8-11H2,1-3H3,(H2,26,27,31,32). The summed E-state index contributed by atoms with van der Waals surface area (Å²) >= 11 is 11.6. The van der Waals surface area contributed by atoms with Crippen LogP contribution in [0.4, 0.5) is 11.4 Å². The molecule has 0 unspecified atom stereocenters. The van der Waals surface area contributed by atoms with Gasteiger partial charge in [0.25, 0.3) is 5.91 Å². The van der Waals surface area contributed by atoms with E-state index in [-0.39, 0.29) is 16.9 Å². The Morgan fingerprint density at radius 1 is 1.03 bits per heavy atom. The number of nitrogens with one attached hydrogen (secondary N) is 2. The second-order valence-electron chi connectivity index (χ2n) is 8.06. The van der Waals surface area contributed by atoms with Crippen molar-refractivity contribution >= 4 is 52.1 Å². The number of nitrogens with zero attached hydrogens (tertiary/aromatic N) is 2. The maximum atomic E-state index is 12.6. The molecule has 8 heteroatoms. The largest absolute Gasteiger partial charge is 0.366 e. The van der Waals surface area contributed by atoms with Crippen molar-refractivity contribution in [2.45, 2.75) is 33.6 Å². The number of carbonyl (C=O) groups excluding carboxylic acids is 2. The number of anilines is 2. The Balaban J connectivity index is 1.68. The molecule has 0 saturated carbocycles. The fourth-order valence-corrected chi connectivity index (χ4v) is 4.26. The van der Waals surface area contributed by atoms with Gasteiger partial charge in [-0.25, -0.2) is 0 Å². The number of carbonyl (C=O) groups is 2. The highest BCUT2D eigenvalue weighted by Gasteiger charge is 2.22. The van der Waals surface area contributed by atoms with Crippen molar-refractivity contribution in [1.29, 1.82) is 0 Å². The third-order valence-corrected chi connectivity index (χ3v) is 5.79. The van der Waals surface area contributed by atoms with Crippen molar-refractivity contribution in [1.82, 2.24) is 10.2 Å². The van der Waals surface area contributed by atoms with Crippen molar-refractivity contribution in [3.05, 3.63) is 58.1 Å². The molecule has 2 aromatic carbocycles. The number of amides is 2. The SMILES string of the molecule is CCCC(=O)N1CCN(c2ccc(Cl)cc2NC(=S)NC(=O)c2cc(C)cc(C)c2)CC1. The first-order valence-corrected chi connectivity index (χ1v) is 11.6. The molecule has 170 valence electrons. The molecule has 1 aliphatic heterocycles. The third-order valence-electron chi connectivity index (χ3n) is 5.35. The molecule has 32 heavy (non-hydrogen) atoms. The molecular weight excluding hydrogens is 444 g/mol. The van der Waals surface area contributed by atoms with Crippen LogP contribution in [0.15, 0.2) is 36.4 Å². The maximum absolute atomic E-state index is 12.6.